The first-order chi connectivity index (χ1) is 31.1. The number of benzene rings is 3. The number of imide groups is 1. The van der Waals surface area contributed by atoms with Crippen molar-refractivity contribution in [2.75, 3.05) is 17.2 Å². The molecule has 2 spiro atoms. The summed E-state index contributed by atoms with van der Waals surface area (Å²) >= 11 is 12.7. The van der Waals surface area contributed by atoms with Crippen LogP contribution in [0.3, 0.4) is 0 Å². The Kier molecular flexibility index (Phi) is 11.6. The number of hydrogen-bond acceptors (Lipinski definition) is 8. The predicted molar refractivity (Wildman–Crippen MR) is 246 cm³/mol. The highest BCUT2D eigenvalue weighted by atomic mass is 35.5. The van der Waals surface area contributed by atoms with Crippen LogP contribution >= 0.6 is 23.2 Å². The maximum absolute atomic E-state index is 16.3. The number of halogens is 3. The molecule has 3 fully saturated rings. The molecule has 0 radical (unpaired) electrons. The number of carbonyl (C=O) groups excluding carboxylic acids is 5. The number of piperidine rings is 1. The standard InChI is InChI=1S/C50H48Cl2FN7O5/c1-28-33-10-7-9-29(35(33)27-60(28)38-17-18-39(61)58-45(38)63)8-5-4-6-24-55-44(62)30-11-14-32(15-12-30)56-46(64)42-40(34-19-25-54-43(52)41(34)53)50(49(59-42)22-20-48(2,3)21-23-49)36-16-13-31(51)26-37(36)57-47(50)65/h7,9-16,19,25-26,38,40,42,59H,1,4,6,17-18,20-24,27H2,2-3H3,(H,55,62)(H,56,64)(H,57,65)(H,58,61,63)/t38?,40-,42+,50+/m0/s1. The molecule has 0 bridgehead atoms. The van der Waals surface area contributed by atoms with Crippen LogP contribution in [0.1, 0.15) is 109 Å². The van der Waals surface area contributed by atoms with Gasteiger partial charge in [0, 0.05) is 82.4 Å². The summed E-state index contributed by atoms with van der Waals surface area (Å²) in [7, 11) is 0. The number of aromatic nitrogens is 1. The Morgan fingerprint density at radius 3 is 2.52 bits per heavy atom. The van der Waals surface area contributed by atoms with Crippen molar-refractivity contribution >= 4 is 69.8 Å². The second kappa shape index (κ2) is 17.1. The molecule has 3 aromatic carbocycles. The average Bonchev–Trinajstić information content (AvgIpc) is 3.88. The van der Waals surface area contributed by atoms with Crippen molar-refractivity contribution in [2.45, 2.75) is 101 Å². The van der Waals surface area contributed by atoms with Crippen molar-refractivity contribution < 1.29 is 28.4 Å². The summed E-state index contributed by atoms with van der Waals surface area (Å²) in [5, 5.41) is 15.1. The number of hydrogen-bond donors (Lipinski definition) is 5. The first kappa shape index (κ1) is 44.1. The van der Waals surface area contributed by atoms with Crippen molar-refractivity contribution in [3.63, 3.8) is 0 Å². The van der Waals surface area contributed by atoms with Crippen LogP contribution in [0, 0.1) is 23.1 Å². The highest BCUT2D eigenvalue weighted by Gasteiger charge is 2.73. The molecule has 1 unspecified atom stereocenters. The molecule has 65 heavy (non-hydrogen) atoms. The van der Waals surface area contributed by atoms with Crippen molar-refractivity contribution in [1.29, 1.82) is 0 Å². The summed E-state index contributed by atoms with van der Waals surface area (Å²) < 4.78 is 16.3. The van der Waals surface area contributed by atoms with Gasteiger partial charge in [-0.15, -0.1) is 0 Å². The van der Waals surface area contributed by atoms with Crippen LogP contribution in [0.15, 0.2) is 79.5 Å². The minimum absolute atomic E-state index is 0.0127. The quantitative estimate of drug-likeness (QED) is 0.0523. The lowest BCUT2D eigenvalue weighted by Gasteiger charge is -2.50. The maximum atomic E-state index is 16.3. The van der Waals surface area contributed by atoms with E-state index < -0.39 is 40.7 Å². The summed E-state index contributed by atoms with van der Waals surface area (Å²) in [6.45, 7) is 9.45. The second-order valence-electron chi connectivity index (χ2n) is 18.4. The number of nitrogens with zero attached hydrogens (tertiary/aromatic N) is 2. The maximum Gasteiger partial charge on any atom is 0.251 e. The molecule has 5 amide bonds. The van der Waals surface area contributed by atoms with Crippen LogP contribution in [0.4, 0.5) is 15.8 Å². The van der Waals surface area contributed by atoms with E-state index in [1.54, 1.807) is 42.5 Å². The van der Waals surface area contributed by atoms with E-state index in [4.69, 9.17) is 23.2 Å². The number of amides is 5. The van der Waals surface area contributed by atoms with Gasteiger partial charge in [0.2, 0.25) is 23.6 Å². The van der Waals surface area contributed by atoms with Crippen molar-refractivity contribution in [3.05, 3.63) is 129 Å². The molecule has 4 aliphatic heterocycles. The van der Waals surface area contributed by atoms with E-state index in [1.165, 1.54) is 12.3 Å². The Morgan fingerprint density at radius 2 is 1.77 bits per heavy atom. The molecule has 1 aliphatic carbocycles. The fraction of sp³-hybridized carbons (Fsp3) is 0.360. The third-order valence-electron chi connectivity index (χ3n) is 14.1. The molecular formula is C50H48Cl2FN7O5. The van der Waals surface area contributed by atoms with Crippen LogP contribution in [-0.4, -0.2) is 63.6 Å². The highest BCUT2D eigenvalue weighted by molar-refractivity contribution is 6.31. The Morgan fingerprint density at radius 1 is 1.00 bits per heavy atom. The minimum atomic E-state index is -1.41. The number of anilines is 2. The van der Waals surface area contributed by atoms with Gasteiger partial charge in [-0.05, 0) is 109 Å². The summed E-state index contributed by atoms with van der Waals surface area (Å²) in [5.74, 6) is 2.94. The molecule has 1 aromatic heterocycles. The van der Waals surface area contributed by atoms with E-state index in [1.807, 2.05) is 23.1 Å². The first-order valence-corrected chi connectivity index (χ1v) is 22.7. The third kappa shape index (κ3) is 7.75. The van der Waals surface area contributed by atoms with Gasteiger partial charge in [-0.2, -0.15) is 0 Å². The number of pyridine rings is 1. The number of fused-ring (bicyclic) bond motifs is 4. The SMILES string of the molecule is C=C1c2cccc(C#CCCCNC(=O)c3ccc(NC(=O)[C@@H]4NC5(CCC(C)(C)CC5)[C@@]5(C(=O)Nc6cc(Cl)ccc65)[C@H]4c4ccnc(Cl)c4F)cc3)c2CN1C1CCC(=O)NC1=O. The lowest BCUT2D eigenvalue weighted by Crippen LogP contribution is -2.61. The zero-order valence-electron chi connectivity index (χ0n) is 36.0. The molecule has 12 nitrogen and oxygen atoms in total. The molecule has 334 valence electrons. The average molecular weight is 917 g/mol. The number of nitrogens with one attached hydrogen (secondary N) is 5. The molecule has 15 heteroatoms. The van der Waals surface area contributed by atoms with E-state index in [0.717, 1.165) is 35.2 Å². The Balaban J connectivity index is 0.872. The van der Waals surface area contributed by atoms with Crippen molar-refractivity contribution in [2.24, 2.45) is 5.41 Å². The minimum Gasteiger partial charge on any atom is -0.355 e. The molecule has 4 aromatic rings. The monoisotopic (exact) mass is 915 g/mol. The normalized spacial score (nSPS) is 23.6. The van der Waals surface area contributed by atoms with Gasteiger partial charge in [0.25, 0.3) is 5.91 Å². The molecule has 5 heterocycles. The molecule has 4 atom stereocenters. The zero-order chi connectivity index (χ0) is 45.8. The summed E-state index contributed by atoms with van der Waals surface area (Å²) in [6.07, 6.45) is 5.85. The molecule has 5 N–H and O–H groups in total. The van der Waals surface area contributed by atoms with Gasteiger partial charge in [-0.25, -0.2) is 9.37 Å². The van der Waals surface area contributed by atoms with Crippen LogP contribution in [0.25, 0.3) is 5.70 Å². The van der Waals surface area contributed by atoms with Crippen LogP contribution < -0.4 is 26.6 Å². The Hall–Kier alpha value is -6.07. The van der Waals surface area contributed by atoms with Gasteiger partial charge in [0.15, 0.2) is 11.0 Å². The summed E-state index contributed by atoms with van der Waals surface area (Å²) in [4.78, 5) is 72.7. The first-order valence-electron chi connectivity index (χ1n) is 21.9. The molecular weight excluding hydrogens is 868 g/mol. The highest BCUT2D eigenvalue weighted by Crippen LogP contribution is 2.64. The largest absolute Gasteiger partial charge is 0.355 e. The number of carbonyl (C=O) groups is 5. The topological polar surface area (TPSA) is 162 Å². The van der Waals surface area contributed by atoms with Crippen molar-refractivity contribution in [1.82, 2.24) is 25.8 Å². The fourth-order valence-corrected chi connectivity index (χ4v) is 11.1. The van der Waals surface area contributed by atoms with E-state index >= 15 is 4.39 Å². The van der Waals surface area contributed by atoms with Crippen LogP contribution in [0.2, 0.25) is 10.2 Å². The summed E-state index contributed by atoms with van der Waals surface area (Å²) in [5.41, 5.74) is 3.21. The van der Waals surface area contributed by atoms with Gasteiger partial charge in [-0.3, -0.25) is 34.6 Å². The van der Waals surface area contributed by atoms with Crippen LogP contribution in [0.5, 0.6) is 0 Å². The van der Waals surface area contributed by atoms with E-state index in [0.29, 0.717) is 72.7 Å². The molecule has 1 saturated carbocycles. The smallest absolute Gasteiger partial charge is 0.251 e. The fourth-order valence-electron chi connectivity index (χ4n) is 10.7. The molecule has 9 rings (SSSR count). The summed E-state index contributed by atoms with van der Waals surface area (Å²) in [6, 6.07) is 17.5. The second-order valence-corrected chi connectivity index (χ2v) is 19.2. The molecule has 5 aliphatic rings. The molecule has 2 saturated heterocycles. The van der Waals surface area contributed by atoms with Gasteiger partial charge >= 0.3 is 0 Å². The third-order valence-corrected chi connectivity index (χ3v) is 14.6. The predicted octanol–water partition coefficient (Wildman–Crippen LogP) is 7.60. The van der Waals surface area contributed by atoms with Crippen molar-refractivity contribution in [3.8, 4) is 11.8 Å². The van der Waals surface area contributed by atoms with E-state index in [9.17, 15) is 24.0 Å². The number of unbranched alkanes of at least 4 members (excludes halogenated alkanes) is 1. The van der Waals surface area contributed by atoms with Gasteiger partial charge in [-0.1, -0.05) is 73.7 Å². The van der Waals surface area contributed by atoms with Gasteiger partial charge < -0.3 is 20.9 Å². The Bertz CT molecular complexity index is 2740. The number of rotatable bonds is 8. The Labute approximate surface area is 386 Å². The van der Waals surface area contributed by atoms with Gasteiger partial charge in [0.1, 0.15) is 11.5 Å². The lowest BCUT2D eigenvalue weighted by molar-refractivity contribution is -0.136. The van der Waals surface area contributed by atoms with Crippen LogP contribution in [-0.2, 0) is 31.1 Å². The zero-order valence-corrected chi connectivity index (χ0v) is 37.5. The van der Waals surface area contributed by atoms with E-state index in [2.05, 4.69) is 63.8 Å². The lowest BCUT2D eigenvalue weighted by atomic mass is 9.53. The van der Waals surface area contributed by atoms with E-state index in [-0.39, 0.29) is 46.2 Å². The van der Waals surface area contributed by atoms with Gasteiger partial charge in [0.05, 0.1) is 6.04 Å².